The van der Waals surface area contributed by atoms with Gasteiger partial charge in [-0.1, -0.05) is 30.7 Å². The van der Waals surface area contributed by atoms with E-state index in [1.165, 1.54) is 4.90 Å². The molecule has 0 bridgehead atoms. The lowest BCUT2D eigenvalue weighted by Gasteiger charge is -2.32. The molecule has 1 saturated carbocycles. The molecule has 2 N–H and O–H groups in total. The lowest BCUT2D eigenvalue weighted by Crippen LogP contribution is -2.55. The minimum atomic E-state index is -1.10. The number of methoxy groups -OCH3 is 1. The van der Waals surface area contributed by atoms with Crippen LogP contribution in [0.15, 0.2) is 36.4 Å². The van der Waals surface area contributed by atoms with Crippen LogP contribution in [0.25, 0.3) is 0 Å². The van der Waals surface area contributed by atoms with Crippen molar-refractivity contribution in [3.05, 3.63) is 42.0 Å². The monoisotopic (exact) mass is 499 g/mol. The number of nitrogens with zero attached hydrogens (tertiary/aromatic N) is 2. The smallest absolute Gasteiger partial charge is 0.332 e. The van der Waals surface area contributed by atoms with Gasteiger partial charge < -0.3 is 29.7 Å². The van der Waals surface area contributed by atoms with E-state index in [-0.39, 0.29) is 31.5 Å². The van der Waals surface area contributed by atoms with E-state index >= 15 is 0 Å². The van der Waals surface area contributed by atoms with E-state index in [1.807, 2.05) is 30.3 Å². The van der Waals surface area contributed by atoms with Crippen LogP contribution in [0.4, 0.5) is 4.79 Å². The summed E-state index contributed by atoms with van der Waals surface area (Å²) in [6.45, 7) is 2.97. The maximum absolute atomic E-state index is 13.7. The van der Waals surface area contributed by atoms with Crippen molar-refractivity contribution in [3.8, 4) is 5.75 Å². The molecule has 4 rings (SSSR count). The van der Waals surface area contributed by atoms with Gasteiger partial charge in [-0.05, 0) is 50.3 Å². The van der Waals surface area contributed by atoms with Gasteiger partial charge in [-0.3, -0.25) is 4.79 Å². The number of hydrogen-bond donors (Lipinski definition) is 2. The first-order chi connectivity index (χ1) is 17.4. The van der Waals surface area contributed by atoms with Gasteiger partial charge in [0, 0.05) is 32.0 Å². The van der Waals surface area contributed by atoms with Crippen molar-refractivity contribution in [2.24, 2.45) is 5.92 Å². The molecule has 2 aliphatic heterocycles. The molecule has 3 amide bonds. The number of hydrogen-bond acceptors (Lipinski definition) is 6. The molecule has 1 aliphatic carbocycles. The zero-order valence-electron chi connectivity index (χ0n) is 21.2. The summed E-state index contributed by atoms with van der Waals surface area (Å²) < 4.78 is 10.5. The van der Waals surface area contributed by atoms with Crippen molar-refractivity contribution in [1.29, 1.82) is 0 Å². The first-order valence-corrected chi connectivity index (χ1v) is 12.9. The molecule has 0 aromatic heterocycles. The number of allylic oxidation sites excluding steroid dienone is 1. The SMILES string of the molecule is CCOC(=O)[C@@]12C[C@H]1/C=C\CCCCCN(Cc1ccc(OC)cc1)C(=O)N1C[C@@H](O)CC1C(=O)N2. The minimum absolute atomic E-state index is 0.0752. The van der Waals surface area contributed by atoms with E-state index in [0.717, 1.165) is 37.0 Å². The van der Waals surface area contributed by atoms with Crippen LogP contribution in [-0.4, -0.2) is 77.3 Å². The molecular formula is C27H37N3O6. The number of aliphatic hydroxyl groups is 1. The molecule has 3 aliphatic rings. The molecule has 36 heavy (non-hydrogen) atoms. The fourth-order valence-electron chi connectivity index (χ4n) is 5.16. The van der Waals surface area contributed by atoms with Gasteiger partial charge in [0.05, 0.1) is 19.8 Å². The highest BCUT2D eigenvalue weighted by Crippen LogP contribution is 2.46. The first kappa shape index (κ1) is 26.0. The van der Waals surface area contributed by atoms with Crippen LogP contribution in [0.3, 0.4) is 0 Å². The zero-order valence-corrected chi connectivity index (χ0v) is 21.2. The third-order valence-corrected chi connectivity index (χ3v) is 7.30. The van der Waals surface area contributed by atoms with Crippen molar-refractivity contribution in [2.45, 2.75) is 69.7 Å². The second kappa shape index (κ2) is 11.3. The van der Waals surface area contributed by atoms with E-state index in [9.17, 15) is 19.5 Å². The number of nitrogens with one attached hydrogen (secondary N) is 1. The van der Waals surface area contributed by atoms with Crippen molar-refractivity contribution < 1.29 is 29.0 Å². The topological polar surface area (TPSA) is 108 Å². The van der Waals surface area contributed by atoms with Crippen LogP contribution >= 0.6 is 0 Å². The van der Waals surface area contributed by atoms with Gasteiger partial charge in [0.15, 0.2) is 0 Å². The Morgan fingerprint density at radius 3 is 2.69 bits per heavy atom. The lowest BCUT2D eigenvalue weighted by atomic mass is 10.1. The maximum Gasteiger partial charge on any atom is 0.332 e. The van der Waals surface area contributed by atoms with Crippen LogP contribution < -0.4 is 10.1 Å². The average Bonchev–Trinajstić information content (AvgIpc) is 3.42. The Morgan fingerprint density at radius 1 is 1.19 bits per heavy atom. The van der Waals surface area contributed by atoms with Gasteiger partial charge in [-0.25, -0.2) is 9.59 Å². The number of urea groups is 1. The summed E-state index contributed by atoms with van der Waals surface area (Å²) in [7, 11) is 1.61. The number of amides is 3. The fraction of sp³-hybridized carbons (Fsp3) is 0.593. The fourth-order valence-corrected chi connectivity index (χ4v) is 5.16. The summed E-state index contributed by atoms with van der Waals surface area (Å²) in [5.41, 5.74) is -0.151. The number of ether oxygens (including phenoxy) is 2. The van der Waals surface area contributed by atoms with Crippen molar-refractivity contribution in [1.82, 2.24) is 15.1 Å². The molecule has 2 heterocycles. The summed E-state index contributed by atoms with van der Waals surface area (Å²) in [4.78, 5) is 43.2. The molecule has 9 nitrogen and oxygen atoms in total. The number of aliphatic hydroxyl groups excluding tert-OH is 1. The largest absolute Gasteiger partial charge is 0.497 e. The Labute approximate surface area is 212 Å². The highest BCUT2D eigenvalue weighted by atomic mass is 16.5. The minimum Gasteiger partial charge on any atom is -0.497 e. The summed E-state index contributed by atoms with van der Waals surface area (Å²) in [5.74, 6) is -0.269. The summed E-state index contributed by atoms with van der Waals surface area (Å²) >= 11 is 0. The molecule has 1 aromatic rings. The Morgan fingerprint density at radius 2 is 1.97 bits per heavy atom. The van der Waals surface area contributed by atoms with Crippen LogP contribution in [0.2, 0.25) is 0 Å². The third kappa shape index (κ3) is 5.67. The van der Waals surface area contributed by atoms with E-state index in [1.54, 1.807) is 18.9 Å². The highest BCUT2D eigenvalue weighted by Gasteiger charge is 2.62. The van der Waals surface area contributed by atoms with Gasteiger partial charge >= 0.3 is 12.0 Å². The number of esters is 1. The molecule has 4 atom stereocenters. The molecule has 2 fully saturated rings. The number of carbonyl (C=O) groups excluding carboxylic acids is 3. The van der Waals surface area contributed by atoms with Crippen molar-refractivity contribution in [3.63, 3.8) is 0 Å². The molecule has 0 radical (unpaired) electrons. The summed E-state index contributed by atoms with van der Waals surface area (Å²) in [5, 5.41) is 13.3. The molecule has 196 valence electrons. The number of rotatable bonds is 5. The van der Waals surface area contributed by atoms with Gasteiger partial charge in [0.2, 0.25) is 5.91 Å². The number of carbonyl (C=O) groups is 3. The summed E-state index contributed by atoms with van der Waals surface area (Å²) in [6, 6.07) is 6.42. The normalized spacial score (nSPS) is 29.8. The first-order valence-electron chi connectivity index (χ1n) is 12.9. The molecule has 1 aromatic carbocycles. The quantitative estimate of drug-likeness (QED) is 0.476. The second-order valence-electron chi connectivity index (χ2n) is 9.88. The molecular weight excluding hydrogens is 462 g/mol. The van der Waals surface area contributed by atoms with Crippen molar-refractivity contribution >= 4 is 17.9 Å². The van der Waals surface area contributed by atoms with Crippen LogP contribution in [0.1, 0.15) is 51.0 Å². The lowest BCUT2D eigenvalue weighted by molar-refractivity contribution is -0.149. The van der Waals surface area contributed by atoms with E-state index < -0.39 is 29.6 Å². The Balaban J connectivity index is 1.58. The molecule has 1 unspecified atom stereocenters. The van der Waals surface area contributed by atoms with E-state index in [4.69, 9.17) is 9.47 Å². The van der Waals surface area contributed by atoms with Crippen LogP contribution in [0, 0.1) is 5.92 Å². The molecule has 0 spiro atoms. The van der Waals surface area contributed by atoms with Gasteiger partial charge in [-0.15, -0.1) is 0 Å². The zero-order chi connectivity index (χ0) is 25.7. The third-order valence-electron chi connectivity index (χ3n) is 7.30. The summed E-state index contributed by atoms with van der Waals surface area (Å²) in [6.07, 6.45) is 7.50. The van der Waals surface area contributed by atoms with Crippen molar-refractivity contribution in [2.75, 3.05) is 26.8 Å². The Kier molecular flexibility index (Phi) is 8.18. The average molecular weight is 500 g/mol. The maximum atomic E-state index is 13.7. The van der Waals surface area contributed by atoms with Gasteiger partial charge in [0.25, 0.3) is 0 Å². The Bertz CT molecular complexity index is 980. The predicted octanol–water partition coefficient (Wildman–Crippen LogP) is 2.62. The van der Waals surface area contributed by atoms with Crippen LogP contribution in [0.5, 0.6) is 5.75 Å². The Hall–Kier alpha value is -3.07. The number of benzene rings is 1. The van der Waals surface area contributed by atoms with Crippen LogP contribution in [-0.2, 0) is 20.9 Å². The van der Waals surface area contributed by atoms with Gasteiger partial charge in [-0.2, -0.15) is 0 Å². The standard InChI is InChI=1S/C27H37N3O6/c1-3-36-25(33)27-16-20(27)9-7-5-4-6-8-14-29(17-19-10-12-22(35-2)13-11-19)26(34)30-18-21(31)15-23(30)24(32)28-27/h7,9-13,20-21,23,31H,3-6,8,14-18H2,1-2H3,(H,28,32)/b9-7-/t20-,21+,23?,27-/m1/s1. The second-order valence-corrected chi connectivity index (χ2v) is 9.88. The highest BCUT2D eigenvalue weighted by molar-refractivity contribution is 5.95. The van der Waals surface area contributed by atoms with Gasteiger partial charge in [0.1, 0.15) is 17.3 Å². The molecule has 9 heteroatoms. The number of fused-ring (bicyclic) bond motifs is 2. The van der Waals surface area contributed by atoms with E-state index in [2.05, 4.69) is 11.4 Å². The molecule has 1 saturated heterocycles. The van der Waals surface area contributed by atoms with E-state index in [0.29, 0.717) is 19.5 Å². The predicted molar refractivity (Wildman–Crippen MR) is 133 cm³/mol.